The highest BCUT2D eigenvalue weighted by molar-refractivity contribution is 8.07. The summed E-state index contributed by atoms with van der Waals surface area (Å²) in [5.74, 6) is 2.55. The molecule has 0 saturated carbocycles. The molecule has 1 aliphatic heterocycles. The Morgan fingerprint density at radius 2 is 2.17 bits per heavy atom. The van der Waals surface area contributed by atoms with Crippen molar-refractivity contribution in [2.75, 3.05) is 18.1 Å². The zero-order valence-electron chi connectivity index (χ0n) is 10.8. The first kappa shape index (κ1) is 15.0. The molecule has 0 aromatic carbocycles. The minimum absolute atomic E-state index is 0.454. The second-order valence-corrected chi connectivity index (χ2v) is 9.00. The molecule has 1 aliphatic rings. The third kappa shape index (κ3) is 3.83. The van der Waals surface area contributed by atoms with Crippen molar-refractivity contribution < 1.29 is 0 Å². The van der Waals surface area contributed by atoms with Gasteiger partial charge in [-0.25, -0.2) is 0 Å². The molecule has 0 spiro atoms. The van der Waals surface area contributed by atoms with Gasteiger partial charge in [-0.15, -0.1) is 11.3 Å². The van der Waals surface area contributed by atoms with E-state index in [1.807, 2.05) is 6.07 Å². The molecule has 1 N–H and O–H groups in total. The van der Waals surface area contributed by atoms with Crippen molar-refractivity contribution in [3.05, 3.63) is 21.3 Å². The molecule has 0 bridgehead atoms. The number of hydrogen-bond acceptors (Lipinski definition) is 4. The Balaban J connectivity index is 2.13. The van der Waals surface area contributed by atoms with Gasteiger partial charge in [-0.2, -0.15) is 23.5 Å². The highest BCUT2D eigenvalue weighted by Gasteiger charge is 2.31. The molecule has 0 amide bonds. The maximum Gasteiger partial charge on any atom is 0.0931 e. The minimum atomic E-state index is 0.454. The van der Waals surface area contributed by atoms with E-state index >= 15 is 0 Å². The van der Waals surface area contributed by atoms with Gasteiger partial charge in [0, 0.05) is 26.9 Å². The summed E-state index contributed by atoms with van der Waals surface area (Å²) in [6.45, 7) is 5.66. The molecule has 3 atom stereocenters. The molecule has 2 heterocycles. The van der Waals surface area contributed by atoms with Crippen molar-refractivity contribution in [2.24, 2.45) is 0 Å². The minimum Gasteiger partial charge on any atom is -0.308 e. The molecule has 5 heteroatoms. The zero-order chi connectivity index (χ0) is 13.0. The normalized spacial score (nSPS) is 26.2. The first-order valence-corrected chi connectivity index (χ1v) is 9.73. The summed E-state index contributed by atoms with van der Waals surface area (Å²) < 4.78 is 0.898. The number of halogens is 1. The Kier molecular flexibility index (Phi) is 6.22. The Hall–Kier alpha value is 0.650. The van der Waals surface area contributed by atoms with E-state index in [9.17, 15) is 0 Å². The molecule has 1 nitrogen and oxygen atoms in total. The average molecular weight is 322 g/mol. The van der Waals surface area contributed by atoms with Crippen molar-refractivity contribution in [2.45, 2.75) is 36.8 Å². The summed E-state index contributed by atoms with van der Waals surface area (Å²) >= 11 is 12.0. The predicted molar refractivity (Wildman–Crippen MR) is 88.5 cm³/mol. The second kappa shape index (κ2) is 7.44. The molecular formula is C13H20ClNS3. The van der Waals surface area contributed by atoms with Crippen LogP contribution in [0.4, 0.5) is 0 Å². The van der Waals surface area contributed by atoms with Crippen LogP contribution in [0.25, 0.3) is 0 Å². The zero-order valence-corrected chi connectivity index (χ0v) is 14.0. The van der Waals surface area contributed by atoms with E-state index in [4.69, 9.17) is 11.6 Å². The lowest BCUT2D eigenvalue weighted by Crippen LogP contribution is -2.37. The van der Waals surface area contributed by atoms with Crippen molar-refractivity contribution in [3.63, 3.8) is 0 Å². The van der Waals surface area contributed by atoms with Gasteiger partial charge in [-0.1, -0.05) is 25.4 Å². The van der Waals surface area contributed by atoms with Crippen LogP contribution in [-0.2, 0) is 0 Å². The van der Waals surface area contributed by atoms with E-state index in [0.29, 0.717) is 16.5 Å². The summed E-state index contributed by atoms with van der Waals surface area (Å²) in [5, 5.41) is 5.08. The van der Waals surface area contributed by atoms with E-state index in [2.05, 4.69) is 48.8 Å². The topological polar surface area (TPSA) is 12.0 Å². The number of nitrogens with one attached hydrogen (secondary N) is 1. The lowest BCUT2D eigenvalue weighted by molar-refractivity contribution is 0.515. The van der Waals surface area contributed by atoms with Gasteiger partial charge in [-0.05, 0) is 25.1 Å². The molecular weight excluding hydrogens is 302 g/mol. The second-order valence-electron chi connectivity index (χ2n) is 4.48. The molecule has 3 unspecified atom stereocenters. The van der Waals surface area contributed by atoms with E-state index < -0.39 is 0 Å². The Morgan fingerprint density at radius 3 is 2.78 bits per heavy atom. The van der Waals surface area contributed by atoms with Crippen LogP contribution in [0.15, 0.2) is 12.1 Å². The van der Waals surface area contributed by atoms with Gasteiger partial charge < -0.3 is 5.32 Å². The number of rotatable bonds is 5. The quantitative estimate of drug-likeness (QED) is 0.845. The van der Waals surface area contributed by atoms with Gasteiger partial charge in [0.25, 0.3) is 0 Å². The molecule has 1 saturated heterocycles. The monoisotopic (exact) mass is 321 g/mol. The van der Waals surface area contributed by atoms with Crippen LogP contribution in [-0.4, -0.2) is 28.6 Å². The van der Waals surface area contributed by atoms with Crippen LogP contribution < -0.4 is 5.32 Å². The first-order chi connectivity index (χ1) is 8.72. The number of hydrogen-bond donors (Lipinski definition) is 1. The molecule has 0 aliphatic carbocycles. The summed E-state index contributed by atoms with van der Waals surface area (Å²) in [7, 11) is 0. The summed E-state index contributed by atoms with van der Waals surface area (Å²) in [6, 6.07) is 4.66. The van der Waals surface area contributed by atoms with Crippen molar-refractivity contribution in [3.8, 4) is 0 Å². The first-order valence-electron chi connectivity index (χ1n) is 6.44. The van der Waals surface area contributed by atoms with Gasteiger partial charge in [-0.3, -0.25) is 0 Å². The predicted octanol–water partition coefficient (Wildman–Crippen LogP) is 4.68. The number of thiophene rings is 1. The van der Waals surface area contributed by atoms with E-state index in [-0.39, 0.29) is 0 Å². The van der Waals surface area contributed by atoms with Crippen LogP contribution in [0.3, 0.4) is 0 Å². The fraction of sp³-hybridized carbons (Fsp3) is 0.692. The smallest absolute Gasteiger partial charge is 0.0931 e. The van der Waals surface area contributed by atoms with Gasteiger partial charge in [0.05, 0.1) is 10.4 Å². The molecule has 102 valence electrons. The molecule has 1 aromatic heterocycles. The molecule has 2 rings (SSSR count). The van der Waals surface area contributed by atoms with Crippen LogP contribution >= 0.6 is 46.5 Å². The maximum atomic E-state index is 6.09. The van der Waals surface area contributed by atoms with E-state index in [1.165, 1.54) is 22.8 Å². The van der Waals surface area contributed by atoms with Gasteiger partial charge in [0.1, 0.15) is 0 Å². The Morgan fingerprint density at radius 1 is 1.39 bits per heavy atom. The van der Waals surface area contributed by atoms with Crippen LogP contribution in [0, 0.1) is 0 Å². The van der Waals surface area contributed by atoms with Crippen LogP contribution in [0.1, 0.15) is 31.2 Å². The summed E-state index contributed by atoms with van der Waals surface area (Å²) in [5.41, 5.74) is 0. The standard InChI is InChI=1S/C13H20ClNS3/c1-3-6-15-12(10-4-5-11(14)18-10)13-9(2)16-7-8-17-13/h4-5,9,12-13,15H,3,6-8H2,1-2H3. The van der Waals surface area contributed by atoms with E-state index in [1.54, 1.807) is 11.3 Å². The van der Waals surface area contributed by atoms with Gasteiger partial charge in [0.15, 0.2) is 0 Å². The number of thioether (sulfide) groups is 2. The highest BCUT2D eigenvalue weighted by Crippen LogP contribution is 2.41. The molecule has 0 radical (unpaired) electrons. The summed E-state index contributed by atoms with van der Waals surface area (Å²) in [6.07, 6.45) is 1.18. The SMILES string of the molecule is CCCNC(c1ccc(Cl)s1)C1SCCSC1C. The lowest BCUT2D eigenvalue weighted by Gasteiger charge is -2.34. The Labute approximate surface area is 127 Å². The van der Waals surface area contributed by atoms with Gasteiger partial charge in [0.2, 0.25) is 0 Å². The summed E-state index contributed by atoms with van der Waals surface area (Å²) in [4.78, 5) is 1.39. The fourth-order valence-electron chi connectivity index (χ4n) is 2.19. The Bertz CT molecular complexity index is 369. The van der Waals surface area contributed by atoms with Crippen LogP contribution in [0.5, 0.6) is 0 Å². The fourth-order valence-corrected chi connectivity index (χ4v) is 6.40. The third-order valence-corrected chi connectivity index (χ3v) is 7.59. The van der Waals surface area contributed by atoms with Crippen LogP contribution in [0.2, 0.25) is 4.34 Å². The average Bonchev–Trinajstić information content (AvgIpc) is 2.78. The largest absolute Gasteiger partial charge is 0.308 e. The molecule has 18 heavy (non-hydrogen) atoms. The highest BCUT2D eigenvalue weighted by atomic mass is 35.5. The van der Waals surface area contributed by atoms with E-state index in [0.717, 1.165) is 10.9 Å². The maximum absolute atomic E-state index is 6.09. The van der Waals surface area contributed by atoms with Crippen molar-refractivity contribution in [1.82, 2.24) is 5.32 Å². The molecule has 1 fully saturated rings. The molecule has 1 aromatic rings. The lowest BCUT2D eigenvalue weighted by atomic mass is 10.1. The van der Waals surface area contributed by atoms with Gasteiger partial charge >= 0.3 is 0 Å². The third-order valence-electron chi connectivity index (χ3n) is 3.08. The van der Waals surface area contributed by atoms with Crippen molar-refractivity contribution in [1.29, 1.82) is 0 Å². The van der Waals surface area contributed by atoms with Crippen molar-refractivity contribution >= 4 is 46.5 Å².